The number of anilines is 2. The van der Waals surface area contributed by atoms with E-state index in [0.29, 0.717) is 5.82 Å². The Morgan fingerprint density at radius 1 is 1.53 bits per heavy atom. The molecule has 82 valence electrons. The fourth-order valence-electron chi connectivity index (χ4n) is 0.963. The van der Waals surface area contributed by atoms with Gasteiger partial charge in [0.25, 0.3) is 0 Å². The fourth-order valence-corrected chi connectivity index (χ4v) is 0.963. The molecule has 6 heteroatoms. The lowest BCUT2D eigenvalue weighted by Crippen LogP contribution is -2.32. The van der Waals surface area contributed by atoms with Crippen LogP contribution in [0.3, 0.4) is 0 Å². The van der Waals surface area contributed by atoms with E-state index in [-0.39, 0.29) is 0 Å². The molecule has 0 bridgehead atoms. The van der Waals surface area contributed by atoms with Crippen LogP contribution < -0.4 is 16.0 Å². The van der Waals surface area contributed by atoms with E-state index in [2.05, 4.69) is 15.3 Å². The molecule has 1 atom stereocenters. The molecular formula is C9H15N5O. The summed E-state index contributed by atoms with van der Waals surface area (Å²) in [6.07, 6.45) is 1.44. The standard InChI is InChI=1S/C9H15N5O/c1-6(9(10)15)13-7-4-8(14(2)3)12-5-11-7/h4-6H,1-3H3,(H2,10,15)(H,11,12,13). The summed E-state index contributed by atoms with van der Waals surface area (Å²) in [6, 6.07) is 1.30. The normalized spacial score (nSPS) is 11.9. The third kappa shape index (κ3) is 3.08. The number of nitrogens with one attached hydrogen (secondary N) is 1. The Kier molecular flexibility index (Phi) is 3.43. The molecule has 1 unspecified atom stereocenters. The number of rotatable bonds is 4. The number of carbonyl (C=O) groups is 1. The van der Waals surface area contributed by atoms with Gasteiger partial charge in [-0.05, 0) is 6.92 Å². The van der Waals surface area contributed by atoms with E-state index in [1.54, 1.807) is 13.0 Å². The van der Waals surface area contributed by atoms with Crippen molar-refractivity contribution < 1.29 is 4.79 Å². The largest absolute Gasteiger partial charge is 0.368 e. The molecule has 6 nitrogen and oxygen atoms in total. The lowest BCUT2D eigenvalue weighted by molar-refractivity contribution is -0.118. The highest BCUT2D eigenvalue weighted by Crippen LogP contribution is 2.11. The van der Waals surface area contributed by atoms with Crippen molar-refractivity contribution in [1.29, 1.82) is 0 Å². The Bertz CT molecular complexity index is 352. The highest BCUT2D eigenvalue weighted by atomic mass is 16.1. The van der Waals surface area contributed by atoms with E-state index in [4.69, 9.17) is 5.73 Å². The average molecular weight is 209 g/mol. The van der Waals surface area contributed by atoms with Gasteiger partial charge in [0.15, 0.2) is 0 Å². The van der Waals surface area contributed by atoms with E-state index < -0.39 is 11.9 Å². The fraction of sp³-hybridized carbons (Fsp3) is 0.444. The molecule has 0 aliphatic heterocycles. The average Bonchev–Trinajstić information content (AvgIpc) is 2.18. The molecule has 0 radical (unpaired) electrons. The van der Waals surface area contributed by atoms with Crippen molar-refractivity contribution in [1.82, 2.24) is 9.97 Å². The highest BCUT2D eigenvalue weighted by molar-refractivity contribution is 5.82. The van der Waals surface area contributed by atoms with Gasteiger partial charge in [-0.1, -0.05) is 0 Å². The Balaban J connectivity index is 2.78. The van der Waals surface area contributed by atoms with Gasteiger partial charge in [-0.15, -0.1) is 0 Å². The van der Waals surface area contributed by atoms with Gasteiger partial charge in [-0.25, -0.2) is 9.97 Å². The summed E-state index contributed by atoms with van der Waals surface area (Å²) in [5.74, 6) is 0.934. The first-order valence-corrected chi connectivity index (χ1v) is 4.56. The van der Waals surface area contributed by atoms with E-state index in [1.807, 2.05) is 19.0 Å². The highest BCUT2D eigenvalue weighted by Gasteiger charge is 2.09. The number of amides is 1. The van der Waals surface area contributed by atoms with Crippen LogP contribution in [0.5, 0.6) is 0 Å². The molecule has 0 saturated carbocycles. The molecule has 1 aromatic heterocycles. The second-order valence-electron chi connectivity index (χ2n) is 3.42. The zero-order valence-electron chi connectivity index (χ0n) is 9.06. The topological polar surface area (TPSA) is 84.1 Å². The van der Waals surface area contributed by atoms with Crippen LogP contribution in [0.4, 0.5) is 11.6 Å². The quantitative estimate of drug-likeness (QED) is 0.719. The Hall–Kier alpha value is -1.85. The van der Waals surface area contributed by atoms with E-state index in [0.717, 1.165) is 5.82 Å². The van der Waals surface area contributed by atoms with E-state index >= 15 is 0 Å². The number of nitrogens with zero attached hydrogens (tertiary/aromatic N) is 3. The molecule has 0 fully saturated rings. The lowest BCUT2D eigenvalue weighted by atomic mass is 10.3. The molecule has 0 spiro atoms. The molecular weight excluding hydrogens is 194 g/mol. The first-order valence-electron chi connectivity index (χ1n) is 4.56. The maximum Gasteiger partial charge on any atom is 0.239 e. The van der Waals surface area contributed by atoms with Gasteiger partial charge in [0.2, 0.25) is 5.91 Å². The molecule has 0 aliphatic carbocycles. The first kappa shape index (κ1) is 11.2. The van der Waals surface area contributed by atoms with Crippen LogP contribution >= 0.6 is 0 Å². The molecule has 1 heterocycles. The zero-order valence-corrected chi connectivity index (χ0v) is 9.06. The molecule has 15 heavy (non-hydrogen) atoms. The summed E-state index contributed by atoms with van der Waals surface area (Å²) in [7, 11) is 3.76. The Morgan fingerprint density at radius 3 is 2.73 bits per heavy atom. The minimum atomic E-state index is -0.449. The van der Waals surface area contributed by atoms with Crippen LogP contribution in [-0.4, -0.2) is 36.0 Å². The minimum absolute atomic E-state index is 0.417. The number of hydrogen-bond donors (Lipinski definition) is 2. The summed E-state index contributed by atoms with van der Waals surface area (Å²) >= 11 is 0. The van der Waals surface area contributed by atoms with Gasteiger partial charge < -0.3 is 16.0 Å². The van der Waals surface area contributed by atoms with Gasteiger partial charge in [0.1, 0.15) is 24.0 Å². The van der Waals surface area contributed by atoms with Crippen LogP contribution in [0.15, 0.2) is 12.4 Å². The summed E-state index contributed by atoms with van der Waals surface area (Å²) in [5.41, 5.74) is 5.13. The van der Waals surface area contributed by atoms with Crippen molar-refractivity contribution in [3.8, 4) is 0 Å². The third-order valence-electron chi connectivity index (χ3n) is 1.90. The SMILES string of the molecule is CC(Nc1cc(N(C)C)ncn1)C(N)=O. The predicted octanol–water partition coefficient (Wildman–Crippen LogP) is -0.172. The summed E-state index contributed by atoms with van der Waals surface area (Å²) < 4.78 is 0. The number of carbonyl (C=O) groups excluding carboxylic acids is 1. The van der Waals surface area contributed by atoms with Crippen molar-refractivity contribution in [2.45, 2.75) is 13.0 Å². The van der Waals surface area contributed by atoms with Crippen molar-refractivity contribution in [2.24, 2.45) is 5.73 Å². The van der Waals surface area contributed by atoms with Crippen LogP contribution in [0, 0.1) is 0 Å². The molecule has 0 aliphatic rings. The monoisotopic (exact) mass is 209 g/mol. The second-order valence-corrected chi connectivity index (χ2v) is 3.42. The molecule has 1 rings (SSSR count). The predicted molar refractivity (Wildman–Crippen MR) is 58.6 cm³/mol. The van der Waals surface area contributed by atoms with Crippen molar-refractivity contribution in [2.75, 3.05) is 24.3 Å². The molecule has 3 N–H and O–H groups in total. The van der Waals surface area contributed by atoms with Gasteiger partial charge in [0, 0.05) is 20.2 Å². The van der Waals surface area contributed by atoms with Gasteiger partial charge >= 0.3 is 0 Å². The van der Waals surface area contributed by atoms with Crippen LogP contribution in [0.25, 0.3) is 0 Å². The molecule has 1 aromatic rings. The van der Waals surface area contributed by atoms with Crippen molar-refractivity contribution in [3.63, 3.8) is 0 Å². The number of nitrogens with two attached hydrogens (primary N) is 1. The Labute approximate surface area is 88.5 Å². The summed E-state index contributed by atoms with van der Waals surface area (Å²) in [5, 5.41) is 2.88. The molecule has 0 aromatic carbocycles. The van der Waals surface area contributed by atoms with Crippen molar-refractivity contribution in [3.05, 3.63) is 12.4 Å². The molecule has 1 amide bonds. The van der Waals surface area contributed by atoms with Crippen molar-refractivity contribution >= 4 is 17.5 Å². The van der Waals surface area contributed by atoms with Crippen LogP contribution in [0.1, 0.15) is 6.92 Å². The molecule has 0 saturated heterocycles. The number of primary amides is 1. The zero-order chi connectivity index (χ0) is 11.4. The van der Waals surface area contributed by atoms with E-state index in [9.17, 15) is 4.79 Å². The third-order valence-corrected chi connectivity index (χ3v) is 1.90. The van der Waals surface area contributed by atoms with Gasteiger partial charge in [0.05, 0.1) is 0 Å². The van der Waals surface area contributed by atoms with Gasteiger partial charge in [-0.2, -0.15) is 0 Å². The van der Waals surface area contributed by atoms with Gasteiger partial charge in [-0.3, -0.25) is 4.79 Å². The first-order chi connectivity index (χ1) is 7.00. The number of aromatic nitrogens is 2. The number of hydrogen-bond acceptors (Lipinski definition) is 5. The lowest BCUT2D eigenvalue weighted by Gasteiger charge is -2.14. The Morgan fingerprint density at radius 2 is 2.20 bits per heavy atom. The minimum Gasteiger partial charge on any atom is -0.368 e. The summed E-state index contributed by atoms with van der Waals surface area (Å²) in [6.45, 7) is 1.68. The summed E-state index contributed by atoms with van der Waals surface area (Å²) in [4.78, 5) is 20.7. The smallest absolute Gasteiger partial charge is 0.239 e. The van der Waals surface area contributed by atoms with E-state index in [1.165, 1.54) is 6.33 Å². The van der Waals surface area contributed by atoms with Crippen LogP contribution in [0.2, 0.25) is 0 Å². The maximum absolute atomic E-state index is 10.8. The maximum atomic E-state index is 10.8. The second kappa shape index (κ2) is 4.59. The van der Waals surface area contributed by atoms with Crippen LogP contribution in [-0.2, 0) is 4.79 Å².